The number of nitriles is 1. The van der Waals surface area contributed by atoms with E-state index in [2.05, 4.69) is 33.8 Å². The number of thiazole rings is 1. The van der Waals surface area contributed by atoms with Crippen molar-refractivity contribution in [1.82, 2.24) is 15.6 Å². The van der Waals surface area contributed by atoms with E-state index >= 15 is 0 Å². The predicted molar refractivity (Wildman–Crippen MR) is 125 cm³/mol. The molecular formula is C25H20N4O2S. The lowest BCUT2D eigenvalue weighted by atomic mass is 10.1. The van der Waals surface area contributed by atoms with Crippen LogP contribution in [0.1, 0.15) is 20.9 Å². The molecule has 32 heavy (non-hydrogen) atoms. The molecule has 0 saturated heterocycles. The van der Waals surface area contributed by atoms with Gasteiger partial charge < -0.3 is 10.6 Å². The highest BCUT2D eigenvalue weighted by molar-refractivity contribution is 7.18. The summed E-state index contributed by atoms with van der Waals surface area (Å²) < 4.78 is 1.05. The van der Waals surface area contributed by atoms with E-state index < -0.39 is 0 Å². The summed E-state index contributed by atoms with van der Waals surface area (Å²) >= 11 is 1.52. The molecule has 2 N–H and O–H groups in total. The van der Waals surface area contributed by atoms with Crippen LogP contribution in [0.2, 0.25) is 0 Å². The number of amides is 2. The maximum absolute atomic E-state index is 12.5. The molecule has 3 aromatic carbocycles. The molecule has 1 aromatic heterocycles. The van der Waals surface area contributed by atoms with Crippen molar-refractivity contribution in [3.05, 3.63) is 88.9 Å². The number of rotatable bonds is 7. The van der Waals surface area contributed by atoms with Gasteiger partial charge in [-0.1, -0.05) is 48.5 Å². The van der Waals surface area contributed by atoms with Crippen molar-refractivity contribution in [2.75, 3.05) is 6.54 Å². The summed E-state index contributed by atoms with van der Waals surface area (Å²) in [5.41, 5.74) is 4.41. The lowest BCUT2D eigenvalue weighted by Gasteiger charge is -2.06. The SMILES string of the molecule is N#CCNC(=O)c1cccc(CNC(=O)Cc2nc3ccc(-c4ccccc4)cc3s2)c1. The Morgan fingerprint density at radius 3 is 2.59 bits per heavy atom. The molecule has 0 aliphatic rings. The highest BCUT2D eigenvalue weighted by atomic mass is 32.1. The van der Waals surface area contributed by atoms with Gasteiger partial charge in [0.2, 0.25) is 5.91 Å². The van der Waals surface area contributed by atoms with E-state index in [0.29, 0.717) is 12.1 Å². The monoisotopic (exact) mass is 440 g/mol. The van der Waals surface area contributed by atoms with Gasteiger partial charge in [0.15, 0.2) is 0 Å². The van der Waals surface area contributed by atoms with Gasteiger partial charge in [0.05, 0.1) is 22.7 Å². The van der Waals surface area contributed by atoms with Gasteiger partial charge >= 0.3 is 0 Å². The van der Waals surface area contributed by atoms with Gasteiger partial charge in [-0.2, -0.15) is 5.26 Å². The van der Waals surface area contributed by atoms with Crippen LogP contribution in [0.5, 0.6) is 0 Å². The Morgan fingerprint density at radius 2 is 1.78 bits per heavy atom. The molecule has 0 spiro atoms. The largest absolute Gasteiger partial charge is 0.352 e. The van der Waals surface area contributed by atoms with E-state index in [1.807, 2.05) is 42.5 Å². The van der Waals surface area contributed by atoms with E-state index in [9.17, 15) is 9.59 Å². The van der Waals surface area contributed by atoms with Crippen LogP contribution in [0.25, 0.3) is 21.3 Å². The molecule has 0 fully saturated rings. The fourth-order valence-electron chi connectivity index (χ4n) is 3.30. The average Bonchev–Trinajstić information content (AvgIpc) is 3.23. The molecule has 7 heteroatoms. The molecule has 0 saturated carbocycles. The Hall–Kier alpha value is -4.02. The first-order chi connectivity index (χ1) is 15.6. The van der Waals surface area contributed by atoms with Gasteiger partial charge in [0.25, 0.3) is 5.91 Å². The van der Waals surface area contributed by atoms with Crippen molar-refractivity contribution in [1.29, 1.82) is 5.26 Å². The number of nitrogens with one attached hydrogen (secondary N) is 2. The quantitative estimate of drug-likeness (QED) is 0.424. The zero-order chi connectivity index (χ0) is 22.3. The van der Waals surface area contributed by atoms with Gasteiger partial charge in [-0.05, 0) is 41.0 Å². The maximum atomic E-state index is 12.5. The first-order valence-corrected chi connectivity index (χ1v) is 10.9. The number of hydrogen-bond acceptors (Lipinski definition) is 5. The fraction of sp³-hybridized carbons (Fsp3) is 0.120. The van der Waals surface area contributed by atoms with Gasteiger partial charge in [0.1, 0.15) is 11.6 Å². The molecule has 1 heterocycles. The molecule has 6 nitrogen and oxygen atoms in total. The molecule has 4 aromatic rings. The summed E-state index contributed by atoms with van der Waals surface area (Å²) in [5, 5.41) is 14.7. The highest BCUT2D eigenvalue weighted by Gasteiger charge is 2.11. The lowest BCUT2D eigenvalue weighted by Crippen LogP contribution is -2.25. The number of carbonyl (C=O) groups excluding carboxylic acids is 2. The van der Waals surface area contributed by atoms with Crippen LogP contribution in [0.3, 0.4) is 0 Å². The molecule has 4 rings (SSSR count). The van der Waals surface area contributed by atoms with E-state index in [1.54, 1.807) is 18.2 Å². The molecule has 0 unspecified atom stereocenters. The van der Waals surface area contributed by atoms with E-state index in [1.165, 1.54) is 11.3 Å². The number of fused-ring (bicyclic) bond motifs is 1. The third kappa shape index (κ3) is 5.17. The minimum absolute atomic E-state index is 0.0468. The van der Waals surface area contributed by atoms with Crippen molar-refractivity contribution in [2.45, 2.75) is 13.0 Å². The van der Waals surface area contributed by atoms with Crippen LogP contribution in [-0.2, 0) is 17.8 Å². The minimum Gasteiger partial charge on any atom is -0.352 e. The lowest BCUT2D eigenvalue weighted by molar-refractivity contribution is -0.120. The van der Waals surface area contributed by atoms with Gasteiger partial charge in [0, 0.05) is 12.1 Å². The zero-order valence-corrected chi connectivity index (χ0v) is 18.0. The Bertz CT molecular complexity index is 1310. The maximum Gasteiger partial charge on any atom is 0.252 e. The third-order valence-corrected chi connectivity index (χ3v) is 5.88. The van der Waals surface area contributed by atoms with Crippen molar-refractivity contribution in [3.63, 3.8) is 0 Å². The molecule has 0 aliphatic heterocycles. The normalized spacial score (nSPS) is 10.5. The Labute approximate surface area is 189 Å². The standard InChI is InChI=1S/C25H20N4O2S/c26-11-12-27-25(31)20-8-4-5-17(13-20)16-28-23(30)15-24-29-21-10-9-19(14-22(21)32-24)18-6-2-1-3-7-18/h1-10,13-14H,12,15-16H2,(H,27,31)(H,28,30). The second-order valence-corrected chi connectivity index (χ2v) is 8.27. The van der Waals surface area contributed by atoms with Crippen LogP contribution >= 0.6 is 11.3 Å². The van der Waals surface area contributed by atoms with Crippen molar-refractivity contribution < 1.29 is 9.59 Å². The van der Waals surface area contributed by atoms with Crippen LogP contribution in [0.4, 0.5) is 0 Å². The summed E-state index contributed by atoms with van der Waals surface area (Å²) in [6.45, 7) is 0.260. The Kier molecular flexibility index (Phi) is 6.54. The van der Waals surface area contributed by atoms with Crippen LogP contribution < -0.4 is 10.6 Å². The fourth-order valence-corrected chi connectivity index (χ4v) is 4.31. The van der Waals surface area contributed by atoms with Crippen molar-refractivity contribution in [3.8, 4) is 17.2 Å². The van der Waals surface area contributed by atoms with Crippen molar-refractivity contribution in [2.24, 2.45) is 0 Å². The molecule has 158 valence electrons. The average molecular weight is 441 g/mol. The number of carbonyl (C=O) groups is 2. The van der Waals surface area contributed by atoms with E-state index in [0.717, 1.165) is 31.9 Å². The third-order valence-electron chi connectivity index (χ3n) is 4.86. The second kappa shape index (κ2) is 9.86. The minimum atomic E-state index is -0.316. The van der Waals surface area contributed by atoms with Crippen LogP contribution in [0.15, 0.2) is 72.8 Å². The smallest absolute Gasteiger partial charge is 0.252 e. The van der Waals surface area contributed by atoms with Crippen molar-refractivity contribution >= 4 is 33.4 Å². The Morgan fingerprint density at radius 1 is 0.938 bits per heavy atom. The van der Waals surface area contributed by atoms with Gasteiger partial charge in [-0.15, -0.1) is 11.3 Å². The molecule has 0 radical (unpaired) electrons. The number of aromatic nitrogens is 1. The highest BCUT2D eigenvalue weighted by Crippen LogP contribution is 2.28. The molecule has 0 bridgehead atoms. The molecular weight excluding hydrogens is 420 g/mol. The van der Waals surface area contributed by atoms with Gasteiger partial charge in [-0.3, -0.25) is 9.59 Å². The molecule has 2 amide bonds. The summed E-state index contributed by atoms with van der Waals surface area (Å²) in [6, 6.07) is 25.1. The molecule has 0 aliphatic carbocycles. The Balaban J connectivity index is 1.38. The second-order valence-electron chi connectivity index (χ2n) is 7.15. The van der Waals surface area contributed by atoms with Crippen LogP contribution in [-0.4, -0.2) is 23.3 Å². The zero-order valence-electron chi connectivity index (χ0n) is 17.2. The number of hydrogen-bond donors (Lipinski definition) is 2. The number of benzene rings is 3. The first-order valence-electron chi connectivity index (χ1n) is 10.1. The predicted octanol–water partition coefficient (Wildman–Crippen LogP) is 4.08. The topological polar surface area (TPSA) is 94.9 Å². The summed E-state index contributed by atoms with van der Waals surface area (Å²) in [5.74, 6) is -0.448. The van der Waals surface area contributed by atoms with E-state index in [-0.39, 0.29) is 24.8 Å². The summed E-state index contributed by atoms with van der Waals surface area (Å²) in [4.78, 5) is 29.0. The summed E-state index contributed by atoms with van der Waals surface area (Å²) in [7, 11) is 0. The van der Waals surface area contributed by atoms with E-state index in [4.69, 9.17) is 5.26 Å². The summed E-state index contributed by atoms with van der Waals surface area (Å²) in [6.07, 6.45) is 0.197. The van der Waals surface area contributed by atoms with Gasteiger partial charge in [-0.25, -0.2) is 4.98 Å². The first kappa shape index (κ1) is 21.2. The van der Waals surface area contributed by atoms with Crippen LogP contribution in [0, 0.1) is 11.3 Å². The molecule has 0 atom stereocenters. The number of nitrogens with zero attached hydrogens (tertiary/aromatic N) is 2.